The lowest BCUT2D eigenvalue weighted by molar-refractivity contribution is -0.126. The number of amides is 1. The summed E-state index contributed by atoms with van der Waals surface area (Å²) in [5.41, 5.74) is 1.06. The first kappa shape index (κ1) is 18.7. The minimum absolute atomic E-state index is 0.0328. The summed E-state index contributed by atoms with van der Waals surface area (Å²) in [5.74, 6) is 0.387. The monoisotopic (exact) mass is 335 g/mol. The molecular formula is C19H30FN3O. The van der Waals surface area contributed by atoms with Crippen molar-refractivity contribution in [3.05, 3.63) is 30.1 Å². The van der Waals surface area contributed by atoms with Crippen LogP contribution in [-0.4, -0.2) is 49.6 Å². The number of likely N-dealkylation sites (N-methyl/N-ethyl adjacent to an activating group) is 1. The van der Waals surface area contributed by atoms with Crippen molar-refractivity contribution in [2.75, 3.05) is 37.6 Å². The Bertz CT molecular complexity index is 516. The molecule has 0 saturated carbocycles. The van der Waals surface area contributed by atoms with E-state index >= 15 is 0 Å². The van der Waals surface area contributed by atoms with Gasteiger partial charge in [0.1, 0.15) is 5.82 Å². The molecule has 1 aromatic carbocycles. The number of hydrogen-bond donors (Lipinski definition) is 1. The lowest BCUT2D eigenvalue weighted by Gasteiger charge is -2.28. The van der Waals surface area contributed by atoms with Crippen LogP contribution < -0.4 is 10.2 Å². The van der Waals surface area contributed by atoms with Crippen molar-refractivity contribution in [2.45, 2.75) is 39.7 Å². The normalized spacial score (nSPS) is 18.9. The Morgan fingerprint density at radius 1 is 1.29 bits per heavy atom. The van der Waals surface area contributed by atoms with Gasteiger partial charge in [0.15, 0.2) is 0 Å². The molecule has 0 spiro atoms. The quantitative estimate of drug-likeness (QED) is 0.793. The average Bonchev–Trinajstić information content (AvgIpc) is 3.07. The van der Waals surface area contributed by atoms with E-state index in [1.54, 1.807) is 0 Å². The number of halogens is 1. The van der Waals surface area contributed by atoms with E-state index in [0.717, 1.165) is 44.7 Å². The zero-order chi connectivity index (χ0) is 17.5. The van der Waals surface area contributed by atoms with Gasteiger partial charge in [-0.15, -0.1) is 0 Å². The summed E-state index contributed by atoms with van der Waals surface area (Å²) in [6.45, 7) is 10.6. The Morgan fingerprint density at radius 2 is 1.96 bits per heavy atom. The number of nitrogens with one attached hydrogen (secondary N) is 1. The van der Waals surface area contributed by atoms with Gasteiger partial charge >= 0.3 is 0 Å². The van der Waals surface area contributed by atoms with Crippen LogP contribution >= 0.6 is 0 Å². The molecule has 0 unspecified atom stereocenters. The minimum atomic E-state index is -0.205. The Kier molecular flexibility index (Phi) is 7.03. The summed E-state index contributed by atoms with van der Waals surface area (Å²) in [6.07, 6.45) is 1.89. The molecule has 0 bridgehead atoms. The van der Waals surface area contributed by atoms with Gasteiger partial charge in [-0.2, -0.15) is 0 Å². The largest absolute Gasteiger partial charge is 0.371 e. The molecule has 1 N–H and O–H groups in total. The van der Waals surface area contributed by atoms with Crippen LogP contribution in [0.1, 0.15) is 33.6 Å². The van der Waals surface area contributed by atoms with Gasteiger partial charge in [-0.25, -0.2) is 4.39 Å². The van der Waals surface area contributed by atoms with E-state index < -0.39 is 0 Å². The Morgan fingerprint density at radius 3 is 2.54 bits per heavy atom. The number of nitrogens with zero attached hydrogens (tertiary/aromatic N) is 2. The van der Waals surface area contributed by atoms with Crippen LogP contribution in [0.2, 0.25) is 0 Å². The maximum Gasteiger partial charge on any atom is 0.237 e. The van der Waals surface area contributed by atoms with E-state index in [-0.39, 0.29) is 17.8 Å². The molecule has 1 saturated heterocycles. The van der Waals surface area contributed by atoms with Crippen molar-refractivity contribution in [3.63, 3.8) is 0 Å². The number of carbonyl (C=O) groups excluding carboxylic acids is 1. The summed E-state index contributed by atoms with van der Waals surface area (Å²) in [7, 11) is 0. The number of carbonyl (C=O) groups is 1. The molecule has 5 heteroatoms. The van der Waals surface area contributed by atoms with Gasteiger partial charge < -0.3 is 10.2 Å². The molecule has 1 fully saturated rings. The van der Waals surface area contributed by atoms with E-state index in [4.69, 9.17) is 0 Å². The zero-order valence-corrected chi connectivity index (χ0v) is 15.1. The second-order valence-electron chi connectivity index (χ2n) is 6.47. The fourth-order valence-corrected chi connectivity index (χ4v) is 3.52. The molecular weight excluding hydrogens is 305 g/mol. The summed E-state index contributed by atoms with van der Waals surface area (Å²) in [6, 6.07) is 6.61. The Balaban J connectivity index is 1.82. The molecule has 1 aromatic rings. The standard InChI is InChI=1S/C19H30FN3O/c1-4-18(22(5-2)6-3)19(24)21-13-15-11-12-23(14-15)17-9-7-16(20)8-10-17/h7-10,15,18H,4-6,11-14H2,1-3H3,(H,21,24)/t15-,18+/m1/s1. The van der Waals surface area contributed by atoms with Crippen LogP contribution in [-0.2, 0) is 4.79 Å². The van der Waals surface area contributed by atoms with Crippen molar-refractivity contribution in [1.82, 2.24) is 10.2 Å². The van der Waals surface area contributed by atoms with Crippen molar-refractivity contribution in [1.29, 1.82) is 0 Å². The molecule has 1 amide bonds. The Labute approximate surface area is 145 Å². The highest BCUT2D eigenvalue weighted by atomic mass is 19.1. The molecule has 1 heterocycles. The molecule has 24 heavy (non-hydrogen) atoms. The predicted molar refractivity (Wildman–Crippen MR) is 96.7 cm³/mol. The highest BCUT2D eigenvalue weighted by Gasteiger charge is 2.26. The molecule has 0 radical (unpaired) electrons. The van der Waals surface area contributed by atoms with Crippen LogP contribution in [0, 0.1) is 11.7 Å². The third-order valence-electron chi connectivity index (χ3n) is 4.99. The van der Waals surface area contributed by atoms with Gasteiger partial charge in [-0.1, -0.05) is 20.8 Å². The van der Waals surface area contributed by atoms with Gasteiger partial charge in [0.25, 0.3) is 0 Å². The highest BCUT2D eigenvalue weighted by molar-refractivity contribution is 5.81. The van der Waals surface area contributed by atoms with E-state index in [9.17, 15) is 9.18 Å². The molecule has 2 atom stereocenters. The maximum absolute atomic E-state index is 13.0. The first-order valence-electron chi connectivity index (χ1n) is 9.11. The first-order chi connectivity index (χ1) is 11.6. The predicted octanol–water partition coefficient (Wildman–Crippen LogP) is 2.89. The van der Waals surface area contributed by atoms with E-state index in [0.29, 0.717) is 12.5 Å². The molecule has 134 valence electrons. The zero-order valence-electron chi connectivity index (χ0n) is 15.1. The fraction of sp³-hybridized carbons (Fsp3) is 0.632. The van der Waals surface area contributed by atoms with Gasteiger partial charge in [-0.05, 0) is 56.1 Å². The van der Waals surface area contributed by atoms with Crippen molar-refractivity contribution in [2.24, 2.45) is 5.92 Å². The molecule has 1 aliphatic heterocycles. The third-order valence-corrected chi connectivity index (χ3v) is 4.99. The van der Waals surface area contributed by atoms with E-state index in [1.165, 1.54) is 12.1 Å². The Hall–Kier alpha value is -1.62. The molecule has 0 aromatic heterocycles. The minimum Gasteiger partial charge on any atom is -0.371 e. The van der Waals surface area contributed by atoms with Crippen molar-refractivity contribution < 1.29 is 9.18 Å². The van der Waals surface area contributed by atoms with E-state index in [2.05, 4.69) is 35.9 Å². The lowest BCUT2D eigenvalue weighted by atomic mass is 10.1. The SMILES string of the molecule is CC[C@@H](C(=O)NC[C@H]1CCN(c2ccc(F)cc2)C1)N(CC)CC. The van der Waals surface area contributed by atoms with Gasteiger partial charge in [0.05, 0.1) is 6.04 Å². The summed E-state index contributed by atoms with van der Waals surface area (Å²) in [5, 5.41) is 3.14. The second kappa shape index (κ2) is 9.02. The number of hydrogen-bond acceptors (Lipinski definition) is 3. The maximum atomic E-state index is 13.0. The second-order valence-corrected chi connectivity index (χ2v) is 6.47. The number of rotatable bonds is 8. The third kappa shape index (κ3) is 4.69. The van der Waals surface area contributed by atoms with E-state index in [1.807, 2.05) is 12.1 Å². The van der Waals surface area contributed by atoms with Crippen LogP contribution in [0.15, 0.2) is 24.3 Å². The number of anilines is 1. The summed E-state index contributed by atoms with van der Waals surface area (Å²) in [4.78, 5) is 16.9. The van der Waals surface area contributed by atoms with Gasteiger partial charge in [0.2, 0.25) is 5.91 Å². The topological polar surface area (TPSA) is 35.6 Å². The van der Waals surface area contributed by atoms with Crippen LogP contribution in [0.4, 0.5) is 10.1 Å². The van der Waals surface area contributed by atoms with Crippen LogP contribution in [0.25, 0.3) is 0 Å². The molecule has 0 aliphatic carbocycles. The van der Waals surface area contributed by atoms with Crippen LogP contribution in [0.5, 0.6) is 0 Å². The molecule has 4 nitrogen and oxygen atoms in total. The highest BCUT2D eigenvalue weighted by Crippen LogP contribution is 2.23. The average molecular weight is 335 g/mol. The summed E-state index contributed by atoms with van der Waals surface area (Å²) < 4.78 is 13.0. The smallest absolute Gasteiger partial charge is 0.237 e. The van der Waals surface area contributed by atoms with Gasteiger partial charge in [0, 0.05) is 25.3 Å². The summed E-state index contributed by atoms with van der Waals surface area (Å²) >= 11 is 0. The molecule has 1 aliphatic rings. The van der Waals surface area contributed by atoms with Crippen LogP contribution in [0.3, 0.4) is 0 Å². The molecule has 2 rings (SSSR count). The van der Waals surface area contributed by atoms with Crippen molar-refractivity contribution >= 4 is 11.6 Å². The number of benzene rings is 1. The fourth-order valence-electron chi connectivity index (χ4n) is 3.52. The first-order valence-corrected chi connectivity index (χ1v) is 9.11. The lowest BCUT2D eigenvalue weighted by Crippen LogP contribution is -2.47. The van der Waals surface area contributed by atoms with Crippen molar-refractivity contribution in [3.8, 4) is 0 Å². The van der Waals surface area contributed by atoms with Gasteiger partial charge in [-0.3, -0.25) is 9.69 Å².